The minimum absolute atomic E-state index is 0.0562. The van der Waals surface area contributed by atoms with E-state index in [2.05, 4.69) is 36.7 Å². The van der Waals surface area contributed by atoms with Crippen molar-refractivity contribution in [3.63, 3.8) is 0 Å². The van der Waals surface area contributed by atoms with Gasteiger partial charge in [-0.25, -0.2) is 4.79 Å². The summed E-state index contributed by atoms with van der Waals surface area (Å²) >= 11 is 0. The smallest absolute Gasteiger partial charge is 0.315 e. The number of esters is 1. The third-order valence-electron chi connectivity index (χ3n) is 7.06. The summed E-state index contributed by atoms with van der Waals surface area (Å²) in [7, 11) is 0. The molecule has 0 radical (unpaired) electrons. The molecule has 1 aliphatic carbocycles. The van der Waals surface area contributed by atoms with Crippen LogP contribution in [0.4, 0.5) is 4.79 Å². The van der Waals surface area contributed by atoms with Gasteiger partial charge in [-0.1, -0.05) is 53.9 Å². The predicted molar refractivity (Wildman–Crippen MR) is 138 cm³/mol. The van der Waals surface area contributed by atoms with Crippen molar-refractivity contribution in [2.75, 3.05) is 13.2 Å². The minimum Gasteiger partial charge on any atom is -0.460 e. The maximum Gasteiger partial charge on any atom is 0.315 e. The molecule has 2 aliphatic rings. The van der Waals surface area contributed by atoms with Crippen LogP contribution in [0, 0.1) is 11.3 Å². The molecule has 1 saturated carbocycles. The van der Waals surface area contributed by atoms with Gasteiger partial charge in [0, 0.05) is 18.0 Å². The molecule has 3 N–H and O–H groups in total. The highest BCUT2D eigenvalue weighted by Gasteiger charge is 2.45. The predicted octanol–water partition coefficient (Wildman–Crippen LogP) is 4.04. The first-order valence-electron chi connectivity index (χ1n) is 13.7. The van der Waals surface area contributed by atoms with Gasteiger partial charge in [-0.15, -0.1) is 0 Å². The summed E-state index contributed by atoms with van der Waals surface area (Å²) in [6.07, 6.45) is 5.55. The minimum atomic E-state index is -0.836. The number of hydrogen-bond donors (Lipinski definition) is 3. The average Bonchev–Trinajstić information content (AvgIpc) is 2.79. The molecule has 3 amide bonds. The lowest BCUT2D eigenvalue weighted by atomic mass is 9.85. The number of urea groups is 1. The Balaban J connectivity index is 1.81. The zero-order chi connectivity index (χ0) is 26.9. The Labute approximate surface area is 217 Å². The molecular formula is C27H49N3O6. The number of carbonyl (C=O) groups is 3. The third kappa shape index (κ3) is 9.54. The fourth-order valence-electron chi connectivity index (χ4n) is 4.71. The highest BCUT2D eigenvalue weighted by molar-refractivity contribution is 5.82. The van der Waals surface area contributed by atoms with E-state index in [0.29, 0.717) is 18.9 Å². The molecule has 36 heavy (non-hydrogen) atoms. The quantitative estimate of drug-likeness (QED) is 0.361. The first-order valence-corrected chi connectivity index (χ1v) is 13.7. The fraction of sp³-hybridized carbons (Fsp3) is 0.889. The molecule has 1 heterocycles. The first kappa shape index (κ1) is 30.4. The van der Waals surface area contributed by atoms with Crippen LogP contribution < -0.4 is 16.0 Å². The standard InChI is InChI=1S/C27H49N3O6/c1-8-9-12-19(18(2)3)29-25(33)30-20-13-10-11-14-21(20)35-22(31)15-16-28-24(32)23-26(4,5)17-34-27(6,7)36-23/h18-21,23H,8-17H2,1-7H3,(H,28,32)(H2,29,30,33). The summed E-state index contributed by atoms with van der Waals surface area (Å²) in [5.74, 6) is -1.14. The molecule has 2 rings (SSSR count). The van der Waals surface area contributed by atoms with Gasteiger partial charge in [0.05, 0.1) is 19.1 Å². The molecular weight excluding hydrogens is 462 g/mol. The summed E-state index contributed by atoms with van der Waals surface area (Å²) in [5.41, 5.74) is -0.479. The second kappa shape index (κ2) is 13.6. The zero-order valence-corrected chi connectivity index (χ0v) is 23.4. The Morgan fingerprint density at radius 3 is 2.44 bits per heavy atom. The van der Waals surface area contributed by atoms with Gasteiger partial charge in [-0.2, -0.15) is 0 Å². The van der Waals surface area contributed by atoms with Crippen LogP contribution in [0.2, 0.25) is 0 Å². The number of nitrogens with one attached hydrogen (secondary N) is 3. The molecule has 4 unspecified atom stereocenters. The Morgan fingerprint density at radius 2 is 1.78 bits per heavy atom. The Hall–Kier alpha value is -1.87. The maximum absolute atomic E-state index is 12.7. The molecule has 1 saturated heterocycles. The van der Waals surface area contributed by atoms with Crippen molar-refractivity contribution >= 4 is 17.9 Å². The second-order valence-electron chi connectivity index (χ2n) is 11.7. The van der Waals surface area contributed by atoms with Gasteiger partial charge in [-0.05, 0) is 45.4 Å². The van der Waals surface area contributed by atoms with Crippen molar-refractivity contribution in [3.8, 4) is 0 Å². The third-order valence-corrected chi connectivity index (χ3v) is 7.06. The van der Waals surface area contributed by atoms with E-state index in [9.17, 15) is 14.4 Å². The van der Waals surface area contributed by atoms with E-state index in [4.69, 9.17) is 14.2 Å². The molecule has 0 bridgehead atoms. The van der Waals surface area contributed by atoms with Crippen molar-refractivity contribution in [2.24, 2.45) is 11.3 Å². The highest BCUT2D eigenvalue weighted by atomic mass is 16.7. The molecule has 2 fully saturated rings. The van der Waals surface area contributed by atoms with Gasteiger partial charge in [-0.3, -0.25) is 9.59 Å². The normalized spacial score (nSPS) is 26.1. The topological polar surface area (TPSA) is 115 Å². The zero-order valence-electron chi connectivity index (χ0n) is 23.4. The molecule has 0 aromatic carbocycles. The van der Waals surface area contributed by atoms with Crippen molar-refractivity contribution < 1.29 is 28.6 Å². The van der Waals surface area contributed by atoms with Gasteiger partial charge >= 0.3 is 12.0 Å². The molecule has 1 aliphatic heterocycles. The summed E-state index contributed by atoms with van der Waals surface area (Å²) in [5, 5.41) is 8.95. The Bertz CT molecular complexity index is 739. The van der Waals surface area contributed by atoms with E-state index in [1.165, 1.54) is 0 Å². The van der Waals surface area contributed by atoms with Gasteiger partial charge < -0.3 is 30.2 Å². The number of carbonyl (C=O) groups excluding carboxylic acids is 3. The average molecular weight is 512 g/mol. The largest absolute Gasteiger partial charge is 0.460 e. The Kier molecular flexibility index (Phi) is 11.5. The van der Waals surface area contributed by atoms with Crippen LogP contribution in [0.15, 0.2) is 0 Å². The van der Waals surface area contributed by atoms with E-state index < -0.39 is 17.3 Å². The SMILES string of the molecule is CCCCC(NC(=O)NC1CCCCC1OC(=O)CCNC(=O)C1OC(C)(C)OCC1(C)C)C(C)C. The fourth-order valence-corrected chi connectivity index (χ4v) is 4.71. The van der Waals surface area contributed by atoms with Crippen molar-refractivity contribution in [2.45, 2.75) is 130 Å². The van der Waals surface area contributed by atoms with Crippen LogP contribution in [-0.4, -0.2) is 61.1 Å². The van der Waals surface area contributed by atoms with Crippen LogP contribution in [0.25, 0.3) is 0 Å². The van der Waals surface area contributed by atoms with E-state index in [-0.39, 0.29) is 49.1 Å². The van der Waals surface area contributed by atoms with E-state index in [1.54, 1.807) is 13.8 Å². The number of rotatable bonds is 11. The van der Waals surface area contributed by atoms with Gasteiger partial charge in [0.15, 0.2) is 5.79 Å². The summed E-state index contributed by atoms with van der Waals surface area (Å²) in [4.78, 5) is 38.0. The lowest BCUT2D eigenvalue weighted by molar-refractivity contribution is -0.304. The first-order chi connectivity index (χ1) is 16.8. The number of amides is 3. The van der Waals surface area contributed by atoms with Crippen molar-refractivity contribution in [1.29, 1.82) is 0 Å². The van der Waals surface area contributed by atoms with Crippen LogP contribution >= 0.6 is 0 Å². The van der Waals surface area contributed by atoms with Crippen molar-refractivity contribution in [1.82, 2.24) is 16.0 Å². The lowest BCUT2D eigenvalue weighted by Crippen LogP contribution is -2.56. The van der Waals surface area contributed by atoms with Gasteiger partial charge in [0.25, 0.3) is 0 Å². The molecule has 0 aromatic rings. The summed E-state index contributed by atoms with van der Waals surface area (Å²) in [6, 6.07) is -0.296. The van der Waals surface area contributed by atoms with Crippen LogP contribution in [0.3, 0.4) is 0 Å². The number of hydrogen-bond acceptors (Lipinski definition) is 6. The molecule has 9 heteroatoms. The Morgan fingerprint density at radius 1 is 1.08 bits per heavy atom. The van der Waals surface area contributed by atoms with Crippen LogP contribution in [-0.2, 0) is 23.8 Å². The molecule has 9 nitrogen and oxygen atoms in total. The monoisotopic (exact) mass is 511 g/mol. The van der Waals surface area contributed by atoms with Crippen LogP contribution in [0.5, 0.6) is 0 Å². The van der Waals surface area contributed by atoms with Gasteiger partial charge in [0.1, 0.15) is 12.2 Å². The lowest BCUT2D eigenvalue weighted by Gasteiger charge is -2.44. The second-order valence-corrected chi connectivity index (χ2v) is 11.7. The molecule has 0 spiro atoms. The summed E-state index contributed by atoms with van der Waals surface area (Å²) < 4.78 is 17.3. The van der Waals surface area contributed by atoms with Gasteiger partial charge in [0.2, 0.25) is 5.91 Å². The highest BCUT2D eigenvalue weighted by Crippen LogP contribution is 2.34. The van der Waals surface area contributed by atoms with E-state index in [0.717, 1.165) is 38.5 Å². The van der Waals surface area contributed by atoms with Crippen molar-refractivity contribution in [3.05, 3.63) is 0 Å². The van der Waals surface area contributed by atoms with E-state index >= 15 is 0 Å². The molecule has 208 valence electrons. The van der Waals surface area contributed by atoms with E-state index in [1.807, 2.05) is 13.8 Å². The summed E-state index contributed by atoms with van der Waals surface area (Å²) in [6.45, 7) is 14.3. The number of ether oxygens (including phenoxy) is 3. The maximum atomic E-state index is 12.7. The molecule has 0 aromatic heterocycles. The molecule has 4 atom stereocenters. The number of unbranched alkanes of at least 4 members (excludes halogenated alkanes) is 1. The van der Waals surface area contributed by atoms with Crippen LogP contribution in [0.1, 0.15) is 99.8 Å².